The van der Waals surface area contributed by atoms with Crippen molar-refractivity contribution in [2.24, 2.45) is 0 Å². The Morgan fingerprint density at radius 2 is 1.80 bits per heavy atom. The van der Waals surface area contributed by atoms with Crippen LogP contribution < -0.4 is 5.32 Å². The second kappa shape index (κ2) is 7.73. The van der Waals surface area contributed by atoms with E-state index in [1.807, 2.05) is 6.07 Å². The number of nitrogens with zero attached hydrogens (tertiary/aromatic N) is 1. The van der Waals surface area contributed by atoms with Crippen LogP contribution >= 0.6 is 0 Å². The highest BCUT2D eigenvalue weighted by Gasteiger charge is 2.32. The highest BCUT2D eigenvalue weighted by atomic mass is 19.1. The summed E-state index contributed by atoms with van der Waals surface area (Å²) < 4.78 is 13.5. The van der Waals surface area contributed by atoms with E-state index in [2.05, 4.69) is 10.2 Å². The summed E-state index contributed by atoms with van der Waals surface area (Å²) in [6.07, 6.45) is 10.0. The third kappa shape index (κ3) is 3.91. The van der Waals surface area contributed by atoms with Gasteiger partial charge in [0.2, 0.25) is 0 Å². The van der Waals surface area contributed by atoms with Gasteiger partial charge in [-0.1, -0.05) is 18.9 Å². The van der Waals surface area contributed by atoms with E-state index in [4.69, 9.17) is 0 Å². The lowest BCUT2D eigenvalue weighted by Gasteiger charge is -2.42. The van der Waals surface area contributed by atoms with E-state index in [-0.39, 0.29) is 11.9 Å². The van der Waals surface area contributed by atoms with E-state index in [9.17, 15) is 9.50 Å². The lowest BCUT2D eigenvalue weighted by Crippen LogP contribution is -2.52. The van der Waals surface area contributed by atoms with Crippen LogP contribution in [-0.4, -0.2) is 41.3 Å². The highest BCUT2D eigenvalue weighted by molar-refractivity contribution is 5.33. The zero-order valence-electron chi connectivity index (χ0n) is 15.1. The average molecular weight is 346 g/mol. The smallest absolute Gasteiger partial charge is 0.123 e. The third-order valence-electron chi connectivity index (χ3n) is 6.55. The van der Waals surface area contributed by atoms with Crippen LogP contribution in [0.4, 0.5) is 4.39 Å². The van der Waals surface area contributed by atoms with Crippen molar-refractivity contribution in [2.45, 2.75) is 82.0 Å². The van der Waals surface area contributed by atoms with Crippen molar-refractivity contribution in [1.29, 1.82) is 0 Å². The quantitative estimate of drug-likeness (QED) is 0.878. The van der Waals surface area contributed by atoms with Crippen molar-refractivity contribution < 1.29 is 9.50 Å². The average Bonchev–Trinajstić information content (AvgIpc) is 2.63. The molecule has 3 aliphatic rings. The van der Waals surface area contributed by atoms with Crippen LogP contribution in [0.15, 0.2) is 18.2 Å². The molecule has 1 saturated carbocycles. The lowest BCUT2D eigenvalue weighted by atomic mass is 9.86. The van der Waals surface area contributed by atoms with Gasteiger partial charge >= 0.3 is 0 Å². The molecule has 138 valence electrons. The molecule has 4 heteroatoms. The number of likely N-dealkylation sites (tertiary alicyclic amines) is 1. The molecule has 3 nitrogen and oxygen atoms in total. The number of benzene rings is 1. The monoisotopic (exact) mass is 346 g/mol. The van der Waals surface area contributed by atoms with Gasteiger partial charge in [-0.05, 0) is 68.2 Å². The molecular formula is C21H31FN2O. The van der Waals surface area contributed by atoms with Crippen LogP contribution in [0, 0.1) is 5.82 Å². The number of rotatable bonds is 3. The minimum atomic E-state index is -0.127. The van der Waals surface area contributed by atoms with Gasteiger partial charge in [0.1, 0.15) is 5.82 Å². The van der Waals surface area contributed by atoms with Crippen LogP contribution in [-0.2, 0) is 6.42 Å². The molecule has 1 aliphatic heterocycles. The Balaban J connectivity index is 1.34. The molecule has 0 spiro atoms. The van der Waals surface area contributed by atoms with Crippen molar-refractivity contribution in [2.75, 3.05) is 13.1 Å². The standard InChI is InChI=1S/C21H31FN2O/c22-16-8-9-18-15(14-16)4-3-5-19(18)23-17-10-12-24(13-11-17)20-6-1-2-7-21(20)25/h8-9,14,17,19-21,23,25H,1-7,10-13H2. The van der Waals surface area contributed by atoms with Gasteiger partial charge in [-0.15, -0.1) is 0 Å². The number of hydrogen-bond acceptors (Lipinski definition) is 3. The molecule has 1 heterocycles. The number of piperidine rings is 1. The molecule has 1 aromatic carbocycles. The van der Waals surface area contributed by atoms with Gasteiger partial charge in [0.05, 0.1) is 6.10 Å². The van der Waals surface area contributed by atoms with Crippen molar-refractivity contribution in [3.8, 4) is 0 Å². The maximum absolute atomic E-state index is 13.5. The second-order valence-electron chi connectivity index (χ2n) is 8.18. The van der Waals surface area contributed by atoms with Crippen LogP contribution in [0.3, 0.4) is 0 Å². The summed E-state index contributed by atoms with van der Waals surface area (Å²) in [7, 11) is 0. The highest BCUT2D eigenvalue weighted by Crippen LogP contribution is 2.32. The van der Waals surface area contributed by atoms with E-state index < -0.39 is 0 Å². The largest absolute Gasteiger partial charge is 0.391 e. The Kier molecular flexibility index (Phi) is 5.39. The number of aliphatic hydroxyl groups excluding tert-OH is 1. The second-order valence-corrected chi connectivity index (χ2v) is 8.18. The summed E-state index contributed by atoms with van der Waals surface area (Å²) in [5, 5.41) is 14.1. The molecule has 1 saturated heterocycles. The number of hydrogen-bond donors (Lipinski definition) is 2. The SMILES string of the molecule is OC1CCCCC1N1CCC(NC2CCCc3cc(F)ccc32)CC1. The number of halogens is 1. The van der Waals surface area contributed by atoms with Gasteiger partial charge in [-0.25, -0.2) is 4.39 Å². The van der Waals surface area contributed by atoms with Crippen molar-refractivity contribution >= 4 is 0 Å². The molecule has 0 amide bonds. The number of fused-ring (bicyclic) bond motifs is 1. The Labute approximate surface area is 150 Å². The Morgan fingerprint density at radius 3 is 2.60 bits per heavy atom. The van der Waals surface area contributed by atoms with Crippen molar-refractivity contribution in [1.82, 2.24) is 10.2 Å². The molecule has 0 aromatic heterocycles. The number of aliphatic hydroxyl groups is 1. The summed E-state index contributed by atoms with van der Waals surface area (Å²) in [6, 6.07) is 6.60. The minimum absolute atomic E-state index is 0.112. The normalized spacial score (nSPS) is 31.7. The maximum atomic E-state index is 13.5. The summed E-state index contributed by atoms with van der Waals surface area (Å²) in [5.74, 6) is -0.112. The first-order valence-electron chi connectivity index (χ1n) is 10.2. The summed E-state index contributed by atoms with van der Waals surface area (Å²) in [4.78, 5) is 2.52. The van der Waals surface area contributed by atoms with Gasteiger partial charge in [-0.2, -0.15) is 0 Å². The molecule has 3 unspecified atom stereocenters. The predicted octanol–water partition coefficient (Wildman–Crippen LogP) is 3.56. The van der Waals surface area contributed by atoms with E-state index in [0.29, 0.717) is 18.1 Å². The molecule has 25 heavy (non-hydrogen) atoms. The van der Waals surface area contributed by atoms with Gasteiger partial charge in [0.25, 0.3) is 0 Å². The van der Waals surface area contributed by atoms with Crippen LogP contribution in [0.25, 0.3) is 0 Å². The van der Waals surface area contributed by atoms with Crippen molar-refractivity contribution in [3.63, 3.8) is 0 Å². The zero-order valence-corrected chi connectivity index (χ0v) is 15.1. The van der Waals surface area contributed by atoms with E-state index in [0.717, 1.165) is 58.0 Å². The first kappa shape index (κ1) is 17.4. The molecule has 0 radical (unpaired) electrons. The van der Waals surface area contributed by atoms with E-state index in [1.165, 1.54) is 24.0 Å². The van der Waals surface area contributed by atoms with Crippen LogP contribution in [0.5, 0.6) is 0 Å². The molecular weight excluding hydrogens is 315 g/mol. The van der Waals surface area contributed by atoms with Gasteiger partial charge in [-0.3, -0.25) is 4.90 Å². The lowest BCUT2D eigenvalue weighted by molar-refractivity contribution is 0.00648. The third-order valence-corrected chi connectivity index (χ3v) is 6.55. The van der Waals surface area contributed by atoms with Gasteiger partial charge in [0, 0.05) is 31.2 Å². The first-order chi connectivity index (χ1) is 12.2. The van der Waals surface area contributed by atoms with E-state index >= 15 is 0 Å². The zero-order chi connectivity index (χ0) is 17.2. The summed E-state index contributed by atoms with van der Waals surface area (Å²) in [6.45, 7) is 2.17. The first-order valence-corrected chi connectivity index (χ1v) is 10.2. The Morgan fingerprint density at radius 1 is 1.00 bits per heavy atom. The molecule has 1 aromatic rings. The Hall–Kier alpha value is -0.970. The number of aryl methyl sites for hydroxylation is 1. The molecule has 0 bridgehead atoms. The van der Waals surface area contributed by atoms with Crippen LogP contribution in [0.1, 0.15) is 68.5 Å². The number of nitrogens with one attached hydrogen (secondary N) is 1. The molecule has 2 N–H and O–H groups in total. The van der Waals surface area contributed by atoms with Crippen molar-refractivity contribution in [3.05, 3.63) is 35.1 Å². The summed E-state index contributed by atoms with van der Waals surface area (Å²) in [5.41, 5.74) is 2.49. The van der Waals surface area contributed by atoms with Crippen LogP contribution in [0.2, 0.25) is 0 Å². The van der Waals surface area contributed by atoms with Gasteiger partial charge < -0.3 is 10.4 Å². The molecule has 2 aliphatic carbocycles. The van der Waals surface area contributed by atoms with Gasteiger partial charge in [0.15, 0.2) is 0 Å². The topological polar surface area (TPSA) is 35.5 Å². The maximum Gasteiger partial charge on any atom is 0.123 e. The fourth-order valence-electron chi connectivity index (χ4n) is 5.16. The summed E-state index contributed by atoms with van der Waals surface area (Å²) >= 11 is 0. The fourth-order valence-corrected chi connectivity index (χ4v) is 5.16. The molecule has 2 fully saturated rings. The molecule has 3 atom stereocenters. The fraction of sp³-hybridized carbons (Fsp3) is 0.714. The molecule has 4 rings (SSSR count). The predicted molar refractivity (Wildman–Crippen MR) is 98.1 cm³/mol. The van der Waals surface area contributed by atoms with E-state index in [1.54, 1.807) is 12.1 Å². The Bertz CT molecular complexity index is 585. The minimum Gasteiger partial charge on any atom is -0.391 e.